The molecule has 0 saturated heterocycles. The quantitative estimate of drug-likeness (QED) is 0.854. The summed E-state index contributed by atoms with van der Waals surface area (Å²) in [5, 5.41) is 15.7. The first-order chi connectivity index (χ1) is 9.13. The molecule has 0 aliphatic heterocycles. The van der Waals surface area contributed by atoms with E-state index in [1.807, 2.05) is 6.92 Å². The van der Waals surface area contributed by atoms with E-state index in [1.54, 1.807) is 12.1 Å². The van der Waals surface area contributed by atoms with E-state index in [4.69, 9.17) is 5.11 Å². The maximum atomic E-state index is 11.5. The standard InChI is InChI=1S/C11H12N4O3S/c1-2-6-15-10(18)13-14-11(15)19-7-4-3-5-12-8(7)9(16)17/h3-5H,2,6H2,1H3,(H,13,18)(H,16,17). The van der Waals surface area contributed by atoms with Crippen LogP contribution in [0.2, 0.25) is 0 Å². The average molecular weight is 280 g/mol. The number of aromatic amines is 1. The highest BCUT2D eigenvalue weighted by atomic mass is 32.2. The zero-order valence-electron chi connectivity index (χ0n) is 10.2. The predicted molar refractivity (Wildman–Crippen MR) is 68.5 cm³/mol. The summed E-state index contributed by atoms with van der Waals surface area (Å²) in [5.41, 5.74) is -0.351. The number of nitrogens with one attached hydrogen (secondary N) is 1. The van der Waals surface area contributed by atoms with Gasteiger partial charge in [-0.05, 0) is 30.3 Å². The lowest BCUT2D eigenvalue weighted by atomic mass is 10.3. The van der Waals surface area contributed by atoms with Crippen LogP contribution in [0, 0.1) is 0 Å². The van der Waals surface area contributed by atoms with Gasteiger partial charge in [0.1, 0.15) is 0 Å². The molecule has 19 heavy (non-hydrogen) atoms. The first-order valence-corrected chi connectivity index (χ1v) is 6.46. The Labute approximate surface area is 112 Å². The van der Waals surface area contributed by atoms with E-state index in [2.05, 4.69) is 15.2 Å². The van der Waals surface area contributed by atoms with Crippen LogP contribution in [0.1, 0.15) is 23.8 Å². The van der Waals surface area contributed by atoms with Gasteiger partial charge in [0.25, 0.3) is 0 Å². The van der Waals surface area contributed by atoms with Gasteiger partial charge >= 0.3 is 11.7 Å². The minimum Gasteiger partial charge on any atom is -0.476 e. The van der Waals surface area contributed by atoms with Crippen LogP contribution >= 0.6 is 11.8 Å². The summed E-state index contributed by atoms with van der Waals surface area (Å²) in [6.45, 7) is 2.47. The molecule has 0 bridgehead atoms. The van der Waals surface area contributed by atoms with Crippen molar-refractivity contribution < 1.29 is 9.90 Å². The molecule has 0 atom stereocenters. The Morgan fingerprint density at radius 1 is 1.58 bits per heavy atom. The molecule has 0 radical (unpaired) electrons. The molecule has 2 rings (SSSR count). The maximum absolute atomic E-state index is 11.5. The highest BCUT2D eigenvalue weighted by Crippen LogP contribution is 2.27. The van der Waals surface area contributed by atoms with Crippen LogP contribution in [0.4, 0.5) is 0 Å². The number of carboxylic acid groups (broad SMARTS) is 1. The summed E-state index contributed by atoms with van der Waals surface area (Å²) in [6, 6.07) is 3.28. The molecule has 2 aromatic heterocycles. The number of aromatic carboxylic acids is 1. The van der Waals surface area contributed by atoms with Crippen LogP contribution < -0.4 is 5.69 Å². The summed E-state index contributed by atoms with van der Waals surface area (Å²) in [5.74, 6) is -1.11. The van der Waals surface area contributed by atoms with Gasteiger partial charge in [0.2, 0.25) is 0 Å². The highest BCUT2D eigenvalue weighted by Gasteiger charge is 2.16. The number of hydrogen-bond donors (Lipinski definition) is 2. The molecule has 0 fully saturated rings. The molecule has 100 valence electrons. The predicted octanol–water partition coefficient (Wildman–Crippen LogP) is 1.23. The second-order valence-corrected chi connectivity index (χ2v) is 4.73. The fraction of sp³-hybridized carbons (Fsp3) is 0.273. The monoisotopic (exact) mass is 280 g/mol. The molecule has 2 heterocycles. The van der Waals surface area contributed by atoms with Crippen molar-refractivity contribution in [2.75, 3.05) is 0 Å². The van der Waals surface area contributed by atoms with Crippen molar-refractivity contribution >= 4 is 17.7 Å². The molecule has 2 N–H and O–H groups in total. The number of carbonyl (C=O) groups is 1. The Morgan fingerprint density at radius 2 is 2.37 bits per heavy atom. The molecule has 0 unspecified atom stereocenters. The Kier molecular flexibility index (Phi) is 4.00. The molecule has 0 spiro atoms. The van der Waals surface area contributed by atoms with Gasteiger partial charge in [-0.2, -0.15) is 0 Å². The summed E-state index contributed by atoms with van der Waals surface area (Å²) in [4.78, 5) is 26.9. The van der Waals surface area contributed by atoms with Gasteiger partial charge in [0.15, 0.2) is 10.9 Å². The van der Waals surface area contributed by atoms with Crippen molar-refractivity contribution in [3.05, 3.63) is 34.5 Å². The molecule has 0 amide bonds. The zero-order chi connectivity index (χ0) is 13.8. The van der Waals surface area contributed by atoms with Crippen molar-refractivity contribution in [2.24, 2.45) is 0 Å². The fourth-order valence-corrected chi connectivity index (χ4v) is 2.49. The second kappa shape index (κ2) is 5.70. The molecule has 8 heteroatoms. The number of H-pyrrole nitrogens is 1. The van der Waals surface area contributed by atoms with Gasteiger partial charge in [-0.3, -0.25) is 4.57 Å². The van der Waals surface area contributed by atoms with Gasteiger partial charge in [-0.25, -0.2) is 19.7 Å². The van der Waals surface area contributed by atoms with Crippen LogP contribution in [-0.4, -0.2) is 30.8 Å². The van der Waals surface area contributed by atoms with Gasteiger partial charge in [0.05, 0.1) is 0 Å². The topological polar surface area (TPSA) is 101 Å². The lowest BCUT2D eigenvalue weighted by molar-refractivity contribution is 0.0686. The third-order valence-electron chi connectivity index (χ3n) is 2.34. The van der Waals surface area contributed by atoms with Crippen molar-refractivity contribution in [3.63, 3.8) is 0 Å². The Balaban J connectivity index is 2.37. The SMILES string of the molecule is CCCn1c(Sc2cccnc2C(=O)O)n[nH]c1=O. The van der Waals surface area contributed by atoms with Crippen molar-refractivity contribution in [3.8, 4) is 0 Å². The number of rotatable bonds is 5. The van der Waals surface area contributed by atoms with Crippen LogP contribution in [0.15, 0.2) is 33.2 Å². The van der Waals surface area contributed by atoms with Crippen LogP contribution in [0.25, 0.3) is 0 Å². The number of hydrogen-bond acceptors (Lipinski definition) is 5. The minimum absolute atomic E-state index is 0.0500. The van der Waals surface area contributed by atoms with Crippen LogP contribution in [0.5, 0.6) is 0 Å². The van der Waals surface area contributed by atoms with E-state index in [1.165, 1.54) is 10.8 Å². The largest absolute Gasteiger partial charge is 0.476 e. The van der Waals surface area contributed by atoms with Gasteiger partial charge in [-0.1, -0.05) is 6.92 Å². The van der Waals surface area contributed by atoms with E-state index >= 15 is 0 Å². The van der Waals surface area contributed by atoms with E-state index in [-0.39, 0.29) is 11.4 Å². The first kappa shape index (κ1) is 13.3. The highest BCUT2D eigenvalue weighted by molar-refractivity contribution is 7.99. The van der Waals surface area contributed by atoms with Gasteiger partial charge in [0, 0.05) is 17.6 Å². The summed E-state index contributed by atoms with van der Waals surface area (Å²) in [7, 11) is 0. The van der Waals surface area contributed by atoms with E-state index in [0.717, 1.165) is 18.2 Å². The normalized spacial score (nSPS) is 10.6. The lowest BCUT2D eigenvalue weighted by Crippen LogP contribution is -2.17. The molecule has 0 aliphatic rings. The summed E-state index contributed by atoms with van der Waals surface area (Å²) < 4.78 is 1.48. The summed E-state index contributed by atoms with van der Waals surface area (Å²) in [6.07, 6.45) is 2.20. The fourth-order valence-electron chi connectivity index (χ4n) is 1.53. The van der Waals surface area contributed by atoms with E-state index in [0.29, 0.717) is 16.6 Å². The number of nitrogens with zero attached hydrogens (tertiary/aromatic N) is 3. The summed E-state index contributed by atoms with van der Waals surface area (Å²) >= 11 is 1.11. The number of pyridine rings is 1. The Bertz CT molecular complexity index is 649. The molecule has 0 aromatic carbocycles. The van der Waals surface area contributed by atoms with E-state index < -0.39 is 5.97 Å². The average Bonchev–Trinajstić information content (AvgIpc) is 2.72. The zero-order valence-corrected chi connectivity index (χ0v) is 11.0. The third-order valence-corrected chi connectivity index (χ3v) is 3.39. The van der Waals surface area contributed by atoms with Crippen LogP contribution in [-0.2, 0) is 6.54 Å². The second-order valence-electron chi connectivity index (χ2n) is 3.72. The first-order valence-electron chi connectivity index (χ1n) is 5.65. The van der Waals surface area contributed by atoms with E-state index in [9.17, 15) is 9.59 Å². The lowest BCUT2D eigenvalue weighted by Gasteiger charge is -2.05. The molecular formula is C11H12N4O3S. The molecule has 0 aliphatic carbocycles. The Hall–Kier alpha value is -2.09. The molecule has 0 saturated carbocycles. The van der Waals surface area contributed by atoms with Crippen LogP contribution in [0.3, 0.4) is 0 Å². The van der Waals surface area contributed by atoms with Gasteiger partial charge in [-0.15, -0.1) is 5.10 Å². The van der Waals surface area contributed by atoms with Crippen molar-refractivity contribution in [2.45, 2.75) is 29.9 Å². The number of carboxylic acids is 1. The smallest absolute Gasteiger partial charge is 0.355 e. The molecular weight excluding hydrogens is 268 g/mol. The van der Waals surface area contributed by atoms with Crippen molar-refractivity contribution in [1.82, 2.24) is 19.7 Å². The third kappa shape index (κ3) is 2.84. The maximum Gasteiger partial charge on any atom is 0.355 e. The molecule has 7 nitrogen and oxygen atoms in total. The van der Waals surface area contributed by atoms with Crippen molar-refractivity contribution in [1.29, 1.82) is 0 Å². The molecule has 2 aromatic rings. The number of aromatic nitrogens is 4. The Morgan fingerprint density at radius 3 is 3.05 bits per heavy atom. The minimum atomic E-state index is -1.11. The van der Waals surface area contributed by atoms with Gasteiger partial charge < -0.3 is 5.11 Å².